The molecule has 0 saturated carbocycles. The second-order valence-corrected chi connectivity index (χ2v) is 7.54. The van der Waals surface area contributed by atoms with E-state index in [4.69, 9.17) is 21.1 Å². The van der Waals surface area contributed by atoms with Gasteiger partial charge in [-0.2, -0.15) is 0 Å². The Hall–Kier alpha value is 0.390. The minimum absolute atomic E-state index is 0.0891. The van der Waals surface area contributed by atoms with Gasteiger partial charge in [-0.1, -0.05) is 44.0 Å². The molecule has 118 valence electrons. The third-order valence-corrected chi connectivity index (χ3v) is 5.19. The van der Waals surface area contributed by atoms with E-state index in [2.05, 4.69) is 37.6 Å². The van der Waals surface area contributed by atoms with Crippen LogP contribution in [0.25, 0.3) is 0 Å². The summed E-state index contributed by atoms with van der Waals surface area (Å²) in [4.78, 5) is 1.82. The van der Waals surface area contributed by atoms with E-state index in [0.29, 0.717) is 6.42 Å². The van der Waals surface area contributed by atoms with Crippen LogP contribution in [0.15, 0.2) is 28.9 Å². The first kappa shape index (κ1) is 17.7. The van der Waals surface area contributed by atoms with Crippen LogP contribution in [-0.2, 0) is 9.47 Å². The summed E-state index contributed by atoms with van der Waals surface area (Å²) in [6, 6.07) is 0. The van der Waals surface area contributed by atoms with Crippen molar-refractivity contribution >= 4 is 43.5 Å². The summed E-state index contributed by atoms with van der Waals surface area (Å²) < 4.78 is 12.0. The molecule has 2 heterocycles. The summed E-state index contributed by atoms with van der Waals surface area (Å²) in [5.74, 6) is 0. The van der Waals surface area contributed by atoms with E-state index < -0.39 is 6.10 Å². The van der Waals surface area contributed by atoms with E-state index in [0.717, 1.165) is 6.42 Å². The van der Waals surface area contributed by atoms with Crippen molar-refractivity contribution in [2.75, 3.05) is 0 Å². The Morgan fingerprint density at radius 1 is 1.33 bits per heavy atom. The molecule has 1 N–H and O–H groups in total. The highest BCUT2D eigenvalue weighted by atomic mass is 79.9. The molecule has 0 aromatic heterocycles. The largest absolute Gasteiger partial charge is 0.390 e. The topological polar surface area (TPSA) is 38.7 Å². The maximum atomic E-state index is 10.3. The second kappa shape index (κ2) is 8.30. The molecule has 0 aromatic carbocycles. The average Bonchev–Trinajstić information content (AvgIpc) is 2.82. The van der Waals surface area contributed by atoms with Gasteiger partial charge in [0.05, 0.1) is 29.8 Å². The lowest BCUT2D eigenvalue weighted by Gasteiger charge is -2.25. The van der Waals surface area contributed by atoms with Gasteiger partial charge in [0.25, 0.3) is 0 Å². The van der Waals surface area contributed by atoms with Crippen molar-refractivity contribution in [2.45, 2.75) is 60.5 Å². The Balaban J connectivity index is 2.22. The highest BCUT2D eigenvalue weighted by molar-refractivity contribution is 9.11. The van der Waals surface area contributed by atoms with Gasteiger partial charge in [0, 0.05) is 9.81 Å². The Bertz CT molecular complexity index is 437. The summed E-state index contributed by atoms with van der Waals surface area (Å²) >= 11 is 13.1. The number of ether oxygens (including phenoxy) is 2. The van der Waals surface area contributed by atoms with Gasteiger partial charge in [-0.3, -0.25) is 0 Å². The molecule has 21 heavy (non-hydrogen) atoms. The first-order valence-electron chi connectivity index (χ1n) is 6.98. The zero-order valence-corrected chi connectivity index (χ0v) is 15.6. The molecule has 0 radical (unpaired) electrons. The van der Waals surface area contributed by atoms with Crippen molar-refractivity contribution in [3.05, 3.63) is 28.9 Å². The van der Waals surface area contributed by atoms with Crippen LogP contribution < -0.4 is 0 Å². The normalized spacial score (nSPS) is 45.3. The van der Waals surface area contributed by atoms with Crippen LogP contribution in [0.1, 0.15) is 19.8 Å². The molecule has 0 aliphatic carbocycles. The summed E-state index contributed by atoms with van der Waals surface area (Å²) in [6.45, 7) is 1.98. The lowest BCUT2D eigenvalue weighted by atomic mass is 10.0. The highest BCUT2D eigenvalue weighted by Crippen LogP contribution is 2.33. The smallest absolute Gasteiger partial charge is 0.102 e. The second-order valence-electron chi connectivity index (χ2n) is 5.34. The van der Waals surface area contributed by atoms with Crippen molar-refractivity contribution < 1.29 is 14.6 Å². The summed E-state index contributed by atoms with van der Waals surface area (Å²) in [5.41, 5.74) is 2.96. The molecular weight excluding hydrogens is 423 g/mol. The van der Waals surface area contributed by atoms with Crippen molar-refractivity contribution in [3.8, 4) is 0 Å². The fourth-order valence-electron chi connectivity index (χ4n) is 2.64. The van der Waals surface area contributed by atoms with Crippen molar-refractivity contribution in [1.82, 2.24) is 0 Å². The van der Waals surface area contributed by atoms with Crippen LogP contribution >= 0.6 is 43.5 Å². The first-order chi connectivity index (χ1) is 10.0. The number of hydrogen-bond donors (Lipinski definition) is 1. The van der Waals surface area contributed by atoms with Gasteiger partial charge in [-0.05, 0) is 25.8 Å². The van der Waals surface area contributed by atoms with Gasteiger partial charge in [-0.25, -0.2) is 0 Å². The maximum absolute atomic E-state index is 10.3. The Morgan fingerprint density at radius 2 is 2.10 bits per heavy atom. The van der Waals surface area contributed by atoms with Crippen LogP contribution in [0.5, 0.6) is 0 Å². The number of fused-ring (bicyclic) bond motifs is 2. The molecule has 1 fully saturated rings. The fourth-order valence-corrected chi connectivity index (χ4v) is 3.98. The van der Waals surface area contributed by atoms with E-state index in [-0.39, 0.29) is 34.6 Å². The molecule has 6 heteroatoms. The lowest BCUT2D eigenvalue weighted by molar-refractivity contribution is -0.0929. The molecule has 2 rings (SSSR count). The molecule has 2 aliphatic rings. The van der Waals surface area contributed by atoms with Crippen molar-refractivity contribution in [2.24, 2.45) is 0 Å². The predicted octanol–water partition coefficient (Wildman–Crippen LogP) is 3.67. The zero-order chi connectivity index (χ0) is 15.4. The monoisotopic (exact) mass is 440 g/mol. The van der Waals surface area contributed by atoms with E-state index >= 15 is 0 Å². The summed E-state index contributed by atoms with van der Waals surface area (Å²) in [6.07, 6.45) is 5.60. The highest BCUT2D eigenvalue weighted by Gasteiger charge is 2.41. The van der Waals surface area contributed by atoms with Crippen molar-refractivity contribution in [3.63, 3.8) is 0 Å². The molecule has 0 aromatic rings. The Kier molecular flexibility index (Phi) is 7.01. The van der Waals surface area contributed by atoms with Gasteiger partial charge in [0.15, 0.2) is 0 Å². The Morgan fingerprint density at radius 3 is 2.81 bits per heavy atom. The number of hydrogen-bond acceptors (Lipinski definition) is 3. The zero-order valence-electron chi connectivity index (χ0n) is 11.7. The number of alkyl halides is 2. The average molecular weight is 443 g/mol. The SMILES string of the molecule is C[C@@H]1O[C@H](C=C=CBr)/C=C/[C@H](Cl)C[C@H](O)[C@@H]2C[C@H](Br)[C@@H]1O2. The number of rotatable bonds is 1. The third kappa shape index (κ3) is 4.93. The number of aliphatic hydroxyl groups is 1. The molecule has 0 spiro atoms. The van der Waals surface area contributed by atoms with E-state index in [1.807, 2.05) is 25.2 Å². The molecule has 2 bridgehead atoms. The maximum Gasteiger partial charge on any atom is 0.102 e. The van der Waals surface area contributed by atoms with Crippen LogP contribution in [0.4, 0.5) is 0 Å². The standard InChI is InChI=1S/C15H19Br2ClO3/c1-9-15-12(17)8-14(21-15)13(19)7-10(18)4-5-11(20-9)3-2-6-16/h3-6,9-15,19H,7-8H2,1H3/b5-4+/t2?,9-,10-,11+,12-,13-,14-,15+/m0/s1. The van der Waals surface area contributed by atoms with Crippen LogP contribution in [0.2, 0.25) is 0 Å². The van der Waals surface area contributed by atoms with Crippen LogP contribution in [-0.4, -0.2) is 45.8 Å². The molecule has 2 aliphatic heterocycles. The minimum Gasteiger partial charge on any atom is -0.390 e. The number of halogens is 3. The number of aliphatic hydroxyl groups excluding tert-OH is 1. The molecule has 1 saturated heterocycles. The molecular formula is C15H19Br2ClO3. The predicted molar refractivity (Wildman–Crippen MR) is 91.3 cm³/mol. The van der Waals surface area contributed by atoms with Gasteiger partial charge >= 0.3 is 0 Å². The minimum atomic E-state index is -0.566. The number of allylic oxidation sites excluding steroid dienone is 1. The van der Waals surface area contributed by atoms with Crippen LogP contribution in [0.3, 0.4) is 0 Å². The summed E-state index contributed by atoms with van der Waals surface area (Å²) in [5, 5.41) is 10.0. The van der Waals surface area contributed by atoms with Crippen LogP contribution in [0, 0.1) is 0 Å². The molecule has 0 amide bonds. The van der Waals surface area contributed by atoms with E-state index in [9.17, 15) is 5.11 Å². The quantitative estimate of drug-likeness (QED) is 0.383. The summed E-state index contributed by atoms with van der Waals surface area (Å²) in [7, 11) is 0. The molecule has 7 atom stereocenters. The fraction of sp³-hybridized carbons (Fsp3) is 0.667. The van der Waals surface area contributed by atoms with Gasteiger partial charge < -0.3 is 14.6 Å². The lowest BCUT2D eigenvalue weighted by Crippen LogP contribution is -2.35. The first-order valence-corrected chi connectivity index (χ1v) is 9.24. The van der Waals surface area contributed by atoms with Crippen molar-refractivity contribution in [1.29, 1.82) is 0 Å². The van der Waals surface area contributed by atoms with Gasteiger partial charge in [-0.15, -0.1) is 17.3 Å². The Labute approximate surface area is 147 Å². The molecule has 0 unspecified atom stereocenters. The van der Waals surface area contributed by atoms with Gasteiger partial charge in [0.2, 0.25) is 0 Å². The van der Waals surface area contributed by atoms with E-state index in [1.165, 1.54) is 0 Å². The van der Waals surface area contributed by atoms with Gasteiger partial charge in [0.1, 0.15) is 6.10 Å². The third-order valence-electron chi connectivity index (χ3n) is 3.71. The van der Waals surface area contributed by atoms with E-state index in [1.54, 1.807) is 4.99 Å². The molecule has 3 nitrogen and oxygen atoms in total.